The molecule has 1 saturated heterocycles. The highest BCUT2D eigenvalue weighted by Gasteiger charge is 2.33. The van der Waals surface area contributed by atoms with Gasteiger partial charge in [-0.1, -0.05) is 23.7 Å². The number of nitrogens with zero attached hydrogens (tertiary/aromatic N) is 1. The summed E-state index contributed by atoms with van der Waals surface area (Å²) in [6.07, 6.45) is -4.40. The standard InChI is InChI=1S/C17H13ClF4N2OS/c18-13-9-12(5-6-14(13)19)23-16(25)24-7-8-26-15(24)10-1-3-11(4-2-10)17(20,21)22/h1-6,9,15H,7-8H2,(H,23,25)/t15-/m1/s1. The summed E-state index contributed by atoms with van der Waals surface area (Å²) < 4.78 is 51.3. The molecule has 0 saturated carbocycles. The fourth-order valence-electron chi connectivity index (χ4n) is 2.56. The number of amides is 2. The van der Waals surface area contributed by atoms with Gasteiger partial charge < -0.3 is 10.2 Å². The normalized spacial score (nSPS) is 17.4. The number of nitrogens with one attached hydrogen (secondary N) is 1. The molecule has 1 heterocycles. The van der Waals surface area contributed by atoms with Gasteiger partial charge in [0.2, 0.25) is 0 Å². The van der Waals surface area contributed by atoms with Crippen LogP contribution in [0.2, 0.25) is 5.02 Å². The number of rotatable bonds is 2. The van der Waals surface area contributed by atoms with E-state index in [1.165, 1.54) is 40.9 Å². The number of anilines is 1. The van der Waals surface area contributed by atoms with E-state index in [2.05, 4.69) is 5.32 Å². The molecular formula is C17H13ClF4N2OS. The first-order valence-corrected chi connectivity index (χ1v) is 9.00. The molecule has 2 aromatic carbocycles. The maximum absolute atomic E-state index is 13.2. The summed E-state index contributed by atoms with van der Waals surface area (Å²) in [4.78, 5) is 14.0. The maximum atomic E-state index is 13.2. The number of hydrogen-bond acceptors (Lipinski definition) is 2. The molecule has 1 N–H and O–H groups in total. The van der Waals surface area contributed by atoms with Gasteiger partial charge in [0.05, 0.1) is 10.6 Å². The van der Waals surface area contributed by atoms with Gasteiger partial charge in [-0.2, -0.15) is 13.2 Å². The Hall–Kier alpha value is -1.93. The minimum Gasteiger partial charge on any atom is -0.308 e. The lowest BCUT2D eigenvalue weighted by Crippen LogP contribution is -2.34. The first-order valence-electron chi connectivity index (χ1n) is 7.57. The summed E-state index contributed by atoms with van der Waals surface area (Å²) in [6.45, 7) is 0.442. The van der Waals surface area contributed by atoms with Crippen LogP contribution < -0.4 is 5.32 Å². The average molecular weight is 405 g/mol. The van der Waals surface area contributed by atoms with E-state index in [0.29, 0.717) is 23.5 Å². The van der Waals surface area contributed by atoms with Gasteiger partial charge in [-0.3, -0.25) is 0 Å². The zero-order valence-electron chi connectivity index (χ0n) is 13.2. The van der Waals surface area contributed by atoms with Crippen LogP contribution in [-0.4, -0.2) is 23.2 Å². The molecule has 138 valence electrons. The van der Waals surface area contributed by atoms with Gasteiger partial charge in [-0.05, 0) is 35.9 Å². The molecular weight excluding hydrogens is 392 g/mol. The predicted octanol–water partition coefficient (Wildman–Crippen LogP) is 5.78. The fourth-order valence-corrected chi connectivity index (χ4v) is 4.00. The van der Waals surface area contributed by atoms with Crippen LogP contribution in [0.15, 0.2) is 42.5 Å². The van der Waals surface area contributed by atoms with E-state index in [9.17, 15) is 22.4 Å². The van der Waals surface area contributed by atoms with Gasteiger partial charge in [-0.25, -0.2) is 9.18 Å². The molecule has 26 heavy (non-hydrogen) atoms. The molecule has 0 bridgehead atoms. The summed E-state index contributed by atoms with van der Waals surface area (Å²) in [5, 5.41) is 2.12. The Morgan fingerprint density at radius 2 is 1.88 bits per heavy atom. The van der Waals surface area contributed by atoms with Gasteiger partial charge in [0.25, 0.3) is 0 Å². The Kier molecular flexibility index (Phi) is 5.34. The number of hydrogen-bond donors (Lipinski definition) is 1. The molecule has 2 aromatic rings. The Labute approximate surface area is 156 Å². The number of benzene rings is 2. The summed E-state index contributed by atoms with van der Waals surface area (Å²) >= 11 is 7.16. The van der Waals surface area contributed by atoms with Crippen LogP contribution in [0.1, 0.15) is 16.5 Å². The van der Waals surface area contributed by atoms with E-state index in [4.69, 9.17) is 11.6 Å². The van der Waals surface area contributed by atoms with Gasteiger partial charge in [0.1, 0.15) is 11.2 Å². The SMILES string of the molecule is O=C(Nc1ccc(F)c(Cl)c1)N1CCS[C@@H]1c1ccc(C(F)(F)F)cc1. The molecule has 3 nitrogen and oxygen atoms in total. The second-order valence-electron chi connectivity index (χ2n) is 5.60. The van der Waals surface area contributed by atoms with E-state index < -0.39 is 29.0 Å². The number of alkyl halides is 3. The first-order chi connectivity index (χ1) is 12.3. The second kappa shape index (κ2) is 7.36. The molecule has 0 unspecified atom stereocenters. The minimum absolute atomic E-state index is 0.113. The number of halogens is 5. The van der Waals surface area contributed by atoms with Crippen molar-refractivity contribution in [2.24, 2.45) is 0 Å². The number of urea groups is 1. The van der Waals surface area contributed by atoms with Gasteiger partial charge in [0, 0.05) is 18.0 Å². The number of thioether (sulfide) groups is 1. The maximum Gasteiger partial charge on any atom is 0.416 e. The molecule has 0 spiro atoms. The molecule has 1 aliphatic heterocycles. The summed E-state index contributed by atoms with van der Waals surface area (Å²) in [7, 11) is 0. The van der Waals surface area contributed by atoms with Crippen molar-refractivity contribution in [1.82, 2.24) is 4.90 Å². The molecule has 0 aromatic heterocycles. The third kappa shape index (κ3) is 4.07. The molecule has 1 fully saturated rings. The Morgan fingerprint density at radius 3 is 2.50 bits per heavy atom. The lowest BCUT2D eigenvalue weighted by atomic mass is 10.1. The average Bonchev–Trinajstić information content (AvgIpc) is 3.07. The van der Waals surface area contributed by atoms with E-state index in [1.54, 1.807) is 0 Å². The third-order valence-corrected chi connectivity index (χ3v) is 5.40. The van der Waals surface area contributed by atoms with Crippen molar-refractivity contribution >= 4 is 35.1 Å². The van der Waals surface area contributed by atoms with Crippen molar-refractivity contribution in [2.75, 3.05) is 17.6 Å². The molecule has 9 heteroatoms. The Bertz CT molecular complexity index is 813. The quantitative estimate of drug-likeness (QED) is 0.644. The van der Waals surface area contributed by atoms with Crippen LogP contribution in [0.4, 0.5) is 28.0 Å². The molecule has 2 amide bonds. The zero-order chi connectivity index (χ0) is 18.9. The van der Waals surface area contributed by atoms with Crippen LogP contribution in [0.25, 0.3) is 0 Å². The van der Waals surface area contributed by atoms with Gasteiger partial charge in [0.15, 0.2) is 0 Å². The first kappa shape index (κ1) is 18.8. The largest absolute Gasteiger partial charge is 0.416 e. The fraction of sp³-hybridized carbons (Fsp3) is 0.235. The topological polar surface area (TPSA) is 32.3 Å². The van der Waals surface area contributed by atoms with Crippen LogP contribution in [-0.2, 0) is 6.18 Å². The van der Waals surface area contributed by atoms with Crippen molar-refractivity contribution < 1.29 is 22.4 Å². The monoisotopic (exact) mass is 404 g/mol. The lowest BCUT2D eigenvalue weighted by Gasteiger charge is -2.24. The Morgan fingerprint density at radius 1 is 1.19 bits per heavy atom. The van der Waals surface area contributed by atoms with E-state index in [1.807, 2.05) is 0 Å². The highest BCUT2D eigenvalue weighted by Crippen LogP contribution is 2.39. The highest BCUT2D eigenvalue weighted by atomic mass is 35.5. The van der Waals surface area contributed by atoms with Crippen LogP contribution in [0.3, 0.4) is 0 Å². The number of carbonyl (C=O) groups excluding carboxylic acids is 1. The van der Waals surface area contributed by atoms with Crippen molar-refractivity contribution in [3.63, 3.8) is 0 Å². The molecule has 1 atom stereocenters. The second-order valence-corrected chi connectivity index (χ2v) is 7.19. The molecule has 3 rings (SSSR count). The summed E-state index contributed by atoms with van der Waals surface area (Å²) in [5.41, 5.74) is 0.207. The minimum atomic E-state index is -4.40. The van der Waals surface area contributed by atoms with Crippen molar-refractivity contribution in [3.8, 4) is 0 Å². The predicted molar refractivity (Wildman–Crippen MR) is 93.8 cm³/mol. The smallest absolute Gasteiger partial charge is 0.308 e. The van der Waals surface area contributed by atoms with Gasteiger partial charge >= 0.3 is 12.2 Å². The van der Waals surface area contributed by atoms with Crippen molar-refractivity contribution in [2.45, 2.75) is 11.6 Å². The van der Waals surface area contributed by atoms with E-state index >= 15 is 0 Å². The molecule has 1 aliphatic rings. The third-order valence-electron chi connectivity index (χ3n) is 3.85. The van der Waals surface area contributed by atoms with Gasteiger partial charge in [-0.15, -0.1) is 11.8 Å². The molecule has 0 radical (unpaired) electrons. The van der Waals surface area contributed by atoms with Crippen molar-refractivity contribution in [3.05, 3.63) is 64.4 Å². The van der Waals surface area contributed by atoms with Crippen molar-refractivity contribution in [1.29, 1.82) is 0 Å². The van der Waals surface area contributed by atoms with Crippen LogP contribution in [0, 0.1) is 5.82 Å². The van der Waals surface area contributed by atoms with Crippen LogP contribution >= 0.6 is 23.4 Å². The van der Waals surface area contributed by atoms with E-state index in [-0.39, 0.29) is 5.02 Å². The number of carbonyl (C=O) groups is 1. The zero-order valence-corrected chi connectivity index (χ0v) is 14.8. The summed E-state index contributed by atoms with van der Waals surface area (Å²) in [5.74, 6) is 0.0625. The summed E-state index contributed by atoms with van der Waals surface area (Å²) in [6, 6.07) is 8.16. The van der Waals surface area contributed by atoms with E-state index in [0.717, 1.165) is 18.2 Å². The Balaban J connectivity index is 1.75. The van der Waals surface area contributed by atoms with Crippen LogP contribution in [0.5, 0.6) is 0 Å². The molecule has 0 aliphatic carbocycles. The lowest BCUT2D eigenvalue weighted by molar-refractivity contribution is -0.137. The highest BCUT2D eigenvalue weighted by molar-refractivity contribution is 7.99.